The molecular formula is C61H102O6. The fourth-order valence-corrected chi connectivity index (χ4v) is 7.42. The van der Waals surface area contributed by atoms with Crippen molar-refractivity contribution < 1.29 is 28.6 Å². The van der Waals surface area contributed by atoms with Crippen molar-refractivity contribution >= 4 is 17.9 Å². The van der Waals surface area contributed by atoms with Crippen LogP contribution in [0.3, 0.4) is 0 Å². The number of allylic oxidation sites excluding steroid dienone is 16. The molecule has 0 aliphatic rings. The summed E-state index contributed by atoms with van der Waals surface area (Å²) in [7, 11) is 0. The van der Waals surface area contributed by atoms with Crippen molar-refractivity contribution in [3.63, 3.8) is 0 Å². The Morgan fingerprint density at radius 3 is 0.970 bits per heavy atom. The van der Waals surface area contributed by atoms with Gasteiger partial charge in [0.1, 0.15) is 13.2 Å². The van der Waals surface area contributed by atoms with E-state index in [2.05, 4.69) is 118 Å². The van der Waals surface area contributed by atoms with Crippen molar-refractivity contribution in [2.24, 2.45) is 0 Å². The number of rotatable bonds is 49. The van der Waals surface area contributed by atoms with Gasteiger partial charge < -0.3 is 14.2 Å². The summed E-state index contributed by atoms with van der Waals surface area (Å²) in [4.78, 5) is 38.1. The summed E-state index contributed by atoms with van der Waals surface area (Å²) in [6.45, 7) is 6.44. The molecule has 0 N–H and O–H groups in total. The van der Waals surface area contributed by atoms with Gasteiger partial charge in [0.2, 0.25) is 0 Å². The predicted octanol–water partition coefficient (Wildman–Crippen LogP) is 18.5. The summed E-state index contributed by atoms with van der Waals surface area (Å²) < 4.78 is 16.8. The zero-order chi connectivity index (χ0) is 48.6. The fraction of sp³-hybridized carbons (Fsp3) is 0.689. The molecule has 0 saturated carbocycles. The Balaban J connectivity index is 4.50. The third kappa shape index (κ3) is 53.2. The van der Waals surface area contributed by atoms with Crippen LogP contribution in [0, 0.1) is 0 Å². The first-order valence-electron chi connectivity index (χ1n) is 27.7. The third-order valence-corrected chi connectivity index (χ3v) is 11.6. The molecule has 0 amide bonds. The van der Waals surface area contributed by atoms with Crippen molar-refractivity contribution in [1.82, 2.24) is 0 Å². The zero-order valence-electron chi connectivity index (χ0n) is 43.6. The molecule has 0 aliphatic carbocycles. The Kier molecular flexibility index (Phi) is 51.9. The lowest BCUT2D eigenvalue weighted by molar-refractivity contribution is -0.167. The van der Waals surface area contributed by atoms with Gasteiger partial charge >= 0.3 is 17.9 Å². The van der Waals surface area contributed by atoms with E-state index in [1.54, 1.807) is 0 Å². The van der Waals surface area contributed by atoms with Crippen LogP contribution in [0.25, 0.3) is 0 Å². The molecule has 0 rings (SSSR count). The van der Waals surface area contributed by atoms with Gasteiger partial charge in [-0.15, -0.1) is 0 Å². The molecule has 0 aromatic heterocycles. The summed E-state index contributed by atoms with van der Waals surface area (Å²) in [6, 6.07) is 0. The minimum absolute atomic E-state index is 0.102. The van der Waals surface area contributed by atoms with E-state index < -0.39 is 6.10 Å². The second kappa shape index (κ2) is 54.9. The number of carbonyl (C=O) groups excluding carboxylic acids is 3. The molecule has 6 nitrogen and oxygen atoms in total. The van der Waals surface area contributed by atoms with Gasteiger partial charge in [-0.1, -0.05) is 227 Å². The normalized spacial score (nSPS) is 12.8. The van der Waals surface area contributed by atoms with Crippen molar-refractivity contribution in [3.05, 3.63) is 97.2 Å². The Labute approximate surface area is 413 Å². The molecule has 0 spiro atoms. The van der Waals surface area contributed by atoms with Gasteiger partial charge in [0, 0.05) is 19.3 Å². The maximum atomic E-state index is 12.8. The van der Waals surface area contributed by atoms with E-state index in [-0.39, 0.29) is 37.5 Å². The lowest BCUT2D eigenvalue weighted by Crippen LogP contribution is -2.30. The van der Waals surface area contributed by atoms with Crippen LogP contribution < -0.4 is 0 Å². The molecule has 67 heavy (non-hydrogen) atoms. The van der Waals surface area contributed by atoms with Crippen LogP contribution in [0.5, 0.6) is 0 Å². The number of carbonyl (C=O) groups is 3. The summed E-state index contributed by atoms with van der Waals surface area (Å²) in [6.07, 6.45) is 72.5. The molecule has 0 aromatic carbocycles. The molecule has 0 fully saturated rings. The van der Waals surface area contributed by atoms with E-state index >= 15 is 0 Å². The standard InChI is InChI=1S/C61H102O6/c1-4-7-10-13-16-19-22-25-28-29-30-31-34-36-39-42-45-48-51-54-60(63)66-57-58(67-61(64)55-52-49-46-43-40-37-33-27-24-21-18-15-12-9-6-3)56-65-59(62)53-50-47-44-41-38-35-32-26-23-20-17-14-11-8-5-2/h7,10,16,18-19,21,25,27-28,30-31,33,36,39-40,43,58H,4-6,8-9,11-15,17,20,22-24,26,29,32,34-35,37-38,41-42,44-57H2,1-3H3/b10-7-,19-16-,21-18-,28-25-,31-30-,33-27-,39-36-,43-40-/t58-/m1/s1. The molecular weight excluding hydrogens is 829 g/mol. The summed E-state index contributed by atoms with van der Waals surface area (Å²) in [5.74, 6) is -0.972. The molecule has 1 atom stereocenters. The lowest BCUT2D eigenvalue weighted by atomic mass is 10.0. The van der Waals surface area contributed by atoms with Crippen molar-refractivity contribution in [2.75, 3.05) is 13.2 Å². The molecule has 0 aromatic rings. The highest BCUT2D eigenvalue weighted by Gasteiger charge is 2.19. The SMILES string of the molecule is CC/C=C\C/C=C\C/C=C\C/C=C\C/C=C\CCCCCC(=O)OC[C@@H](COC(=O)CCCCCCCCCCCCCCCCC)OC(=O)CCCC/C=C\C/C=C\C/C=C\CCCCC. The van der Waals surface area contributed by atoms with Gasteiger partial charge in [-0.3, -0.25) is 14.4 Å². The first kappa shape index (κ1) is 63.3. The minimum Gasteiger partial charge on any atom is -0.462 e. The molecule has 0 bridgehead atoms. The highest BCUT2D eigenvalue weighted by Crippen LogP contribution is 2.15. The zero-order valence-corrected chi connectivity index (χ0v) is 43.6. The van der Waals surface area contributed by atoms with Gasteiger partial charge in [0.15, 0.2) is 6.10 Å². The first-order valence-corrected chi connectivity index (χ1v) is 27.7. The number of unbranched alkanes of at least 4 members (excludes halogenated alkanes) is 22. The molecule has 0 saturated heterocycles. The van der Waals surface area contributed by atoms with Gasteiger partial charge in [0.25, 0.3) is 0 Å². The third-order valence-electron chi connectivity index (χ3n) is 11.6. The van der Waals surface area contributed by atoms with Crippen molar-refractivity contribution in [3.8, 4) is 0 Å². The second-order valence-corrected chi connectivity index (χ2v) is 18.1. The molecule has 0 aliphatic heterocycles. The number of ether oxygens (including phenoxy) is 3. The largest absolute Gasteiger partial charge is 0.462 e. The smallest absolute Gasteiger partial charge is 0.306 e. The van der Waals surface area contributed by atoms with Gasteiger partial charge in [-0.2, -0.15) is 0 Å². The summed E-state index contributed by atoms with van der Waals surface area (Å²) >= 11 is 0. The maximum absolute atomic E-state index is 12.8. The van der Waals surface area contributed by atoms with Gasteiger partial charge in [-0.25, -0.2) is 0 Å². The fourth-order valence-electron chi connectivity index (χ4n) is 7.42. The van der Waals surface area contributed by atoms with E-state index in [1.807, 2.05) is 0 Å². The van der Waals surface area contributed by atoms with Gasteiger partial charge in [-0.05, 0) is 103 Å². The Morgan fingerprint density at radius 2 is 0.582 bits per heavy atom. The highest BCUT2D eigenvalue weighted by molar-refractivity contribution is 5.71. The Hall–Kier alpha value is -3.67. The second-order valence-electron chi connectivity index (χ2n) is 18.1. The average Bonchev–Trinajstić information content (AvgIpc) is 3.33. The molecule has 0 heterocycles. The monoisotopic (exact) mass is 931 g/mol. The van der Waals surface area contributed by atoms with Crippen molar-refractivity contribution in [1.29, 1.82) is 0 Å². The quantitative estimate of drug-likeness (QED) is 0.0262. The molecule has 0 radical (unpaired) electrons. The summed E-state index contributed by atoms with van der Waals surface area (Å²) in [5, 5.41) is 0. The van der Waals surface area contributed by atoms with Crippen LogP contribution >= 0.6 is 0 Å². The van der Waals surface area contributed by atoms with Crippen LogP contribution in [0.15, 0.2) is 97.2 Å². The number of hydrogen-bond acceptors (Lipinski definition) is 6. The lowest BCUT2D eigenvalue weighted by Gasteiger charge is -2.18. The van der Waals surface area contributed by atoms with Crippen LogP contribution in [0.2, 0.25) is 0 Å². The molecule has 0 unspecified atom stereocenters. The van der Waals surface area contributed by atoms with E-state index in [1.165, 1.54) is 103 Å². The van der Waals surface area contributed by atoms with E-state index in [4.69, 9.17) is 14.2 Å². The van der Waals surface area contributed by atoms with E-state index in [9.17, 15) is 14.4 Å². The van der Waals surface area contributed by atoms with Crippen LogP contribution in [-0.4, -0.2) is 37.2 Å². The molecule has 6 heteroatoms. The van der Waals surface area contributed by atoms with Crippen LogP contribution in [-0.2, 0) is 28.6 Å². The van der Waals surface area contributed by atoms with E-state index in [0.29, 0.717) is 19.3 Å². The molecule has 382 valence electrons. The Morgan fingerprint density at radius 1 is 0.313 bits per heavy atom. The maximum Gasteiger partial charge on any atom is 0.306 e. The van der Waals surface area contributed by atoms with Crippen molar-refractivity contribution in [2.45, 2.75) is 258 Å². The highest BCUT2D eigenvalue weighted by atomic mass is 16.6. The minimum atomic E-state index is -0.811. The van der Waals surface area contributed by atoms with Crippen LogP contribution in [0.1, 0.15) is 252 Å². The number of hydrogen-bond donors (Lipinski definition) is 0. The number of esters is 3. The van der Waals surface area contributed by atoms with E-state index in [0.717, 1.165) is 103 Å². The predicted molar refractivity (Wildman–Crippen MR) is 288 cm³/mol. The first-order chi connectivity index (χ1) is 33.0. The van der Waals surface area contributed by atoms with Gasteiger partial charge in [0.05, 0.1) is 0 Å². The van der Waals surface area contributed by atoms with Crippen LogP contribution in [0.4, 0.5) is 0 Å². The summed E-state index contributed by atoms with van der Waals surface area (Å²) in [5.41, 5.74) is 0. The Bertz CT molecular complexity index is 1350. The average molecular weight is 931 g/mol. The topological polar surface area (TPSA) is 78.9 Å².